The number of rotatable bonds is 6. The van der Waals surface area contributed by atoms with Gasteiger partial charge < -0.3 is 14.8 Å². The lowest BCUT2D eigenvalue weighted by Gasteiger charge is -2.12. The predicted molar refractivity (Wildman–Crippen MR) is 110 cm³/mol. The van der Waals surface area contributed by atoms with E-state index >= 15 is 0 Å². The lowest BCUT2D eigenvalue weighted by Crippen LogP contribution is -2.03. The first-order valence-corrected chi connectivity index (χ1v) is 9.26. The molecule has 0 aliphatic heterocycles. The number of ether oxygens (including phenoxy) is 1. The smallest absolute Gasteiger partial charge is 0.139 e. The van der Waals surface area contributed by atoms with Crippen molar-refractivity contribution in [2.24, 2.45) is 0 Å². The molecule has 4 aromatic rings. The summed E-state index contributed by atoms with van der Waals surface area (Å²) in [5.74, 6) is 1.25. The van der Waals surface area contributed by atoms with Crippen molar-refractivity contribution in [1.82, 2.24) is 9.97 Å². The zero-order valence-electron chi connectivity index (χ0n) is 15.7. The zero-order chi connectivity index (χ0) is 19.3. The molecule has 0 radical (unpaired) electrons. The average molecular weight is 370 g/mol. The van der Waals surface area contributed by atoms with Crippen molar-refractivity contribution in [2.45, 2.75) is 19.6 Å². The van der Waals surface area contributed by atoms with E-state index < -0.39 is 6.10 Å². The number of benzene rings is 3. The van der Waals surface area contributed by atoms with Crippen molar-refractivity contribution < 1.29 is 9.84 Å². The molecule has 1 heterocycles. The van der Waals surface area contributed by atoms with Crippen LogP contribution >= 0.6 is 0 Å². The molecular formula is C24H22N2O2. The van der Waals surface area contributed by atoms with Crippen LogP contribution in [-0.4, -0.2) is 15.1 Å². The van der Waals surface area contributed by atoms with E-state index in [4.69, 9.17) is 4.74 Å². The fraction of sp³-hybridized carbons (Fsp3) is 0.125. The summed E-state index contributed by atoms with van der Waals surface area (Å²) in [6.07, 6.45) is 0.903. The van der Waals surface area contributed by atoms with E-state index in [1.165, 1.54) is 11.1 Å². The molecule has 2 N–H and O–H groups in total. The van der Waals surface area contributed by atoms with Crippen molar-refractivity contribution in [1.29, 1.82) is 0 Å². The number of H-pyrrole nitrogens is 1. The molecule has 4 heteroatoms. The molecule has 0 aliphatic carbocycles. The number of nitrogens with one attached hydrogen (secondary N) is 1. The molecule has 3 aromatic carbocycles. The number of imidazole rings is 1. The maximum atomic E-state index is 10.5. The molecular weight excluding hydrogens is 348 g/mol. The normalized spacial score (nSPS) is 11.9. The summed E-state index contributed by atoms with van der Waals surface area (Å²) >= 11 is 0. The number of aliphatic hydroxyl groups is 1. The summed E-state index contributed by atoms with van der Waals surface area (Å²) in [7, 11) is 0. The van der Waals surface area contributed by atoms with Crippen molar-refractivity contribution in [3.63, 3.8) is 0 Å². The molecule has 0 fully saturated rings. The summed E-state index contributed by atoms with van der Waals surface area (Å²) in [4.78, 5) is 7.27. The fourth-order valence-electron chi connectivity index (χ4n) is 3.09. The highest BCUT2D eigenvalue weighted by molar-refractivity contribution is 5.63. The number of aliphatic hydroxyl groups excluding tert-OH is 1. The second-order valence-electron chi connectivity index (χ2n) is 6.78. The lowest BCUT2D eigenvalue weighted by molar-refractivity contribution is 0.210. The zero-order valence-corrected chi connectivity index (χ0v) is 15.7. The van der Waals surface area contributed by atoms with Gasteiger partial charge in [-0.15, -0.1) is 0 Å². The molecule has 28 heavy (non-hydrogen) atoms. The molecule has 1 aromatic heterocycles. The van der Waals surface area contributed by atoms with E-state index in [2.05, 4.69) is 46.4 Å². The minimum Gasteiger partial charge on any atom is -0.489 e. The average Bonchev–Trinajstić information content (AvgIpc) is 3.19. The van der Waals surface area contributed by atoms with Crippen LogP contribution in [0.5, 0.6) is 5.75 Å². The standard InChI is InChI=1S/C24H22N2O2/c1-17-15-25-24(26-17)23(27)21-8-5-9-22(14-21)28-16-18-10-12-20(13-11-18)19-6-3-2-4-7-19/h2-15,23,27H,16H2,1H3,(H,25,26). The van der Waals surface area contributed by atoms with Crippen LogP contribution in [0.15, 0.2) is 85.1 Å². The van der Waals surface area contributed by atoms with Crippen molar-refractivity contribution >= 4 is 0 Å². The number of aryl methyl sites for hydroxylation is 1. The van der Waals surface area contributed by atoms with Gasteiger partial charge in [0.2, 0.25) is 0 Å². The van der Waals surface area contributed by atoms with E-state index in [-0.39, 0.29) is 0 Å². The minimum atomic E-state index is -0.803. The molecule has 0 spiro atoms. The number of nitrogens with zero attached hydrogens (tertiary/aromatic N) is 1. The van der Waals surface area contributed by atoms with Crippen LogP contribution in [0.2, 0.25) is 0 Å². The molecule has 4 rings (SSSR count). The Morgan fingerprint density at radius 2 is 1.68 bits per heavy atom. The van der Waals surface area contributed by atoms with Gasteiger partial charge in [0.25, 0.3) is 0 Å². The molecule has 140 valence electrons. The third-order valence-electron chi connectivity index (χ3n) is 4.62. The van der Waals surface area contributed by atoms with Crippen molar-refractivity contribution in [3.8, 4) is 16.9 Å². The van der Waals surface area contributed by atoms with Gasteiger partial charge in [-0.25, -0.2) is 4.98 Å². The molecule has 0 saturated heterocycles. The van der Waals surface area contributed by atoms with Crippen LogP contribution < -0.4 is 4.74 Å². The van der Waals surface area contributed by atoms with Crippen LogP contribution in [-0.2, 0) is 6.61 Å². The predicted octanol–water partition coefficient (Wildman–Crippen LogP) is 5.05. The first-order valence-electron chi connectivity index (χ1n) is 9.26. The second kappa shape index (κ2) is 8.11. The quantitative estimate of drug-likeness (QED) is 0.499. The lowest BCUT2D eigenvalue weighted by atomic mass is 10.0. The van der Waals surface area contributed by atoms with E-state index in [1.807, 2.05) is 49.4 Å². The summed E-state index contributed by atoms with van der Waals surface area (Å²) in [5.41, 5.74) is 5.13. The van der Waals surface area contributed by atoms with Gasteiger partial charge in [-0.1, -0.05) is 66.7 Å². The summed E-state index contributed by atoms with van der Waals surface area (Å²) < 4.78 is 5.93. The Hall–Kier alpha value is -3.37. The molecule has 0 aliphatic rings. The monoisotopic (exact) mass is 370 g/mol. The Labute approximate surface area is 164 Å². The third-order valence-corrected chi connectivity index (χ3v) is 4.62. The number of hydrogen-bond donors (Lipinski definition) is 2. The fourth-order valence-corrected chi connectivity index (χ4v) is 3.09. The van der Waals surface area contributed by atoms with E-state index in [9.17, 15) is 5.11 Å². The first kappa shape index (κ1) is 18.0. The van der Waals surface area contributed by atoms with Crippen LogP contribution in [0.4, 0.5) is 0 Å². The van der Waals surface area contributed by atoms with E-state index in [0.29, 0.717) is 18.2 Å². The molecule has 0 saturated carbocycles. The van der Waals surface area contributed by atoms with Gasteiger partial charge in [-0.2, -0.15) is 0 Å². The summed E-state index contributed by atoms with van der Waals surface area (Å²) in [6.45, 7) is 2.38. The van der Waals surface area contributed by atoms with E-state index in [1.54, 1.807) is 6.20 Å². The van der Waals surface area contributed by atoms with Crippen LogP contribution in [0.3, 0.4) is 0 Å². The van der Waals surface area contributed by atoms with E-state index in [0.717, 1.165) is 16.8 Å². The van der Waals surface area contributed by atoms with Gasteiger partial charge in [0, 0.05) is 11.9 Å². The highest BCUT2D eigenvalue weighted by Gasteiger charge is 2.14. The second-order valence-corrected chi connectivity index (χ2v) is 6.78. The maximum Gasteiger partial charge on any atom is 0.139 e. The van der Waals surface area contributed by atoms with Crippen molar-refractivity contribution in [2.75, 3.05) is 0 Å². The van der Waals surface area contributed by atoms with Crippen molar-refractivity contribution in [3.05, 3.63) is 108 Å². The number of aromatic amines is 1. The van der Waals surface area contributed by atoms with Crippen LogP contribution in [0.1, 0.15) is 28.7 Å². The number of hydrogen-bond acceptors (Lipinski definition) is 3. The molecule has 1 unspecified atom stereocenters. The Bertz CT molecular complexity index is 1040. The first-order chi connectivity index (χ1) is 13.7. The molecule has 0 amide bonds. The highest BCUT2D eigenvalue weighted by Crippen LogP contribution is 2.24. The van der Waals surface area contributed by atoms with Gasteiger partial charge in [-0.05, 0) is 41.3 Å². The van der Waals surface area contributed by atoms with Gasteiger partial charge >= 0.3 is 0 Å². The molecule has 0 bridgehead atoms. The van der Waals surface area contributed by atoms with Gasteiger partial charge in [-0.3, -0.25) is 0 Å². The van der Waals surface area contributed by atoms with Crippen LogP contribution in [0, 0.1) is 6.92 Å². The largest absolute Gasteiger partial charge is 0.489 e. The Balaban J connectivity index is 1.42. The maximum absolute atomic E-state index is 10.5. The third kappa shape index (κ3) is 4.13. The topological polar surface area (TPSA) is 58.1 Å². The summed E-state index contributed by atoms with van der Waals surface area (Å²) in [6, 6.07) is 26.1. The minimum absolute atomic E-state index is 0.467. The van der Waals surface area contributed by atoms with Crippen LogP contribution in [0.25, 0.3) is 11.1 Å². The van der Waals surface area contributed by atoms with Gasteiger partial charge in [0.05, 0.1) is 0 Å². The van der Waals surface area contributed by atoms with Gasteiger partial charge in [0.15, 0.2) is 0 Å². The summed E-state index contributed by atoms with van der Waals surface area (Å²) in [5, 5.41) is 10.5. The SMILES string of the molecule is Cc1cnc(C(O)c2cccc(OCc3ccc(-c4ccccc4)cc3)c2)[nH]1. The number of aromatic nitrogens is 2. The Morgan fingerprint density at radius 3 is 2.39 bits per heavy atom. The van der Waals surface area contributed by atoms with Gasteiger partial charge in [0.1, 0.15) is 24.3 Å². The highest BCUT2D eigenvalue weighted by atomic mass is 16.5. The Morgan fingerprint density at radius 1 is 0.929 bits per heavy atom. The molecule has 4 nitrogen and oxygen atoms in total. The Kier molecular flexibility index (Phi) is 5.22. The molecule has 1 atom stereocenters.